The van der Waals surface area contributed by atoms with Crippen molar-refractivity contribution in [2.24, 2.45) is 5.41 Å². The minimum Gasteiger partial charge on any atom is -0.381 e. The zero-order valence-electron chi connectivity index (χ0n) is 7.20. The van der Waals surface area contributed by atoms with E-state index in [0.29, 0.717) is 5.88 Å². The van der Waals surface area contributed by atoms with Gasteiger partial charge >= 0.3 is 0 Å². The maximum atomic E-state index is 5.96. The number of nitrogens with zero attached hydrogens (tertiary/aromatic N) is 2. The Morgan fingerprint density at radius 3 is 3.15 bits per heavy atom. The van der Waals surface area contributed by atoms with Gasteiger partial charge < -0.3 is 4.74 Å². The minimum atomic E-state index is 0.108. The van der Waals surface area contributed by atoms with E-state index in [9.17, 15) is 0 Å². The van der Waals surface area contributed by atoms with Crippen LogP contribution in [0.3, 0.4) is 0 Å². The van der Waals surface area contributed by atoms with Crippen LogP contribution in [0.5, 0.6) is 0 Å². The summed E-state index contributed by atoms with van der Waals surface area (Å²) in [5.74, 6) is 0.643. The summed E-state index contributed by atoms with van der Waals surface area (Å²) in [5.41, 5.74) is 1.15. The molecule has 0 amide bonds. The van der Waals surface area contributed by atoms with Gasteiger partial charge in [-0.2, -0.15) is 8.75 Å². The van der Waals surface area contributed by atoms with Crippen LogP contribution in [-0.4, -0.2) is 27.8 Å². The molecule has 1 atom stereocenters. The Bertz CT molecular complexity index is 259. The molecule has 0 bridgehead atoms. The van der Waals surface area contributed by atoms with Gasteiger partial charge in [0.15, 0.2) is 0 Å². The van der Waals surface area contributed by atoms with Crippen LogP contribution in [0.15, 0.2) is 6.20 Å². The molecule has 0 aromatic carbocycles. The third-order valence-electron chi connectivity index (χ3n) is 2.43. The van der Waals surface area contributed by atoms with E-state index in [2.05, 4.69) is 8.75 Å². The van der Waals surface area contributed by atoms with E-state index < -0.39 is 0 Å². The highest BCUT2D eigenvalue weighted by molar-refractivity contribution is 6.99. The molecule has 72 valence electrons. The summed E-state index contributed by atoms with van der Waals surface area (Å²) in [4.78, 5) is 0. The Kier molecular flexibility index (Phi) is 2.81. The highest BCUT2D eigenvalue weighted by Gasteiger charge is 2.34. The van der Waals surface area contributed by atoms with E-state index in [1.54, 1.807) is 0 Å². The zero-order chi connectivity index (χ0) is 9.15. The maximum absolute atomic E-state index is 5.96. The molecule has 5 heteroatoms. The van der Waals surface area contributed by atoms with Gasteiger partial charge in [0, 0.05) is 24.3 Å². The van der Waals surface area contributed by atoms with Gasteiger partial charge in [0.2, 0.25) is 0 Å². The number of alkyl halides is 1. The van der Waals surface area contributed by atoms with Gasteiger partial charge in [0.1, 0.15) is 0 Å². The lowest BCUT2D eigenvalue weighted by Gasteiger charge is -2.22. The van der Waals surface area contributed by atoms with Crippen molar-refractivity contribution < 1.29 is 4.74 Å². The summed E-state index contributed by atoms with van der Waals surface area (Å²) in [6, 6.07) is 0. The van der Waals surface area contributed by atoms with E-state index in [4.69, 9.17) is 16.3 Å². The van der Waals surface area contributed by atoms with Crippen molar-refractivity contribution >= 4 is 23.3 Å². The topological polar surface area (TPSA) is 35.0 Å². The molecule has 1 saturated heterocycles. The number of halogens is 1. The first-order chi connectivity index (χ1) is 6.35. The smallest absolute Gasteiger partial charge is 0.0749 e. The summed E-state index contributed by atoms with van der Waals surface area (Å²) in [7, 11) is 0. The Morgan fingerprint density at radius 2 is 2.62 bits per heavy atom. The highest BCUT2D eigenvalue weighted by Crippen LogP contribution is 2.33. The lowest BCUT2D eigenvalue weighted by atomic mass is 9.85. The quantitative estimate of drug-likeness (QED) is 0.725. The largest absolute Gasteiger partial charge is 0.381 e. The summed E-state index contributed by atoms with van der Waals surface area (Å²) in [6.45, 7) is 1.58. The first-order valence-corrected chi connectivity index (χ1v) is 5.51. The molecule has 0 N–H and O–H groups in total. The standard InChI is InChI=1S/C8H11ClN2OS/c9-5-8(1-2-12-6-8)3-7-4-10-13-11-7/h4H,1-3,5-6H2. The Hall–Kier alpha value is -0.190. The molecule has 0 radical (unpaired) electrons. The van der Waals surface area contributed by atoms with Crippen molar-refractivity contribution in [3.63, 3.8) is 0 Å². The van der Waals surface area contributed by atoms with Crippen LogP contribution in [-0.2, 0) is 11.2 Å². The van der Waals surface area contributed by atoms with Crippen molar-refractivity contribution in [2.75, 3.05) is 19.1 Å². The van der Waals surface area contributed by atoms with Gasteiger partial charge in [-0.05, 0) is 6.42 Å². The molecule has 13 heavy (non-hydrogen) atoms. The van der Waals surface area contributed by atoms with Crippen molar-refractivity contribution in [3.05, 3.63) is 11.9 Å². The first kappa shape index (κ1) is 9.37. The van der Waals surface area contributed by atoms with Gasteiger partial charge in [-0.15, -0.1) is 11.6 Å². The lowest BCUT2D eigenvalue weighted by molar-refractivity contribution is 0.160. The predicted octanol–water partition coefficient (Wildman–Crippen LogP) is 1.73. The third kappa shape index (κ3) is 2.00. The van der Waals surface area contributed by atoms with Crippen LogP contribution in [0, 0.1) is 5.41 Å². The van der Waals surface area contributed by atoms with E-state index in [0.717, 1.165) is 31.7 Å². The molecule has 1 aromatic rings. The predicted molar refractivity (Wildman–Crippen MR) is 52.2 cm³/mol. The summed E-state index contributed by atoms with van der Waals surface area (Å²) >= 11 is 7.20. The van der Waals surface area contributed by atoms with Gasteiger partial charge in [0.25, 0.3) is 0 Å². The fourth-order valence-corrected chi connectivity index (χ4v) is 2.33. The number of hydrogen-bond donors (Lipinski definition) is 0. The second-order valence-corrected chi connectivity index (χ2v) is 4.34. The van der Waals surface area contributed by atoms with E-state index in [-0.39, 0.29) is 5.41 Å². The maximum Gasteiger partial charge on any atom is 0.0749 e. The second kappa shape index (κ2) is 3.90. The molecule has 1 aliphatic heterocycles. The van der Waals surface area contributed by atoms with E-state index >= 15 is 0 Å². The highest BCUT2D eigenvalue weighted by atomic mass is 35.5. The van der Waals surface area contributed by atoms with Gasteiger partial charge in [-0.25, -0.2) is 0 Å². The molecule has 0 saturated carbocycles. The Labute approximate surface area is 86.4 Å². The molecule has 3 nitrogen and oxygen atoms in total. The molecule has 2 heterocycles. The molecule has 1 aromatic heterocycles. The Morgan fingerprint density at radius 1 is 1.69 bits per heavy atom. The first-order valence-electron chi connectivity index (χ1n) is 4.25. The van der Waals surface area contributed by atoms with Gasteiger partial charge in [0.05, 0.1) is 30.2 Å². The van der Waals surface area contributed by atoms with E-state index in [1.807, 2.05) is 6.20 Å². The van der Waals surface area contributed by atoms with Crippen LogP contribution in [0.25, 0.3) is 0 Å². The SMILES string of the molecule is ClCC1(Cc2cnsn2)CCOC1. The van der Waals surface area contributed by atoms with Gasteiger partial charge in [-0.3, -0.25) is 0 Å². The number of aromatic nitrogens is 2. The minimum absolute atomic E-state index is 0.108. The molecular weight excluding hydrogens is 208 g/mol. The summed E-state index contributed by atoms with van der Waals surface area (Å²) in [6.07, 6.45) is 3.75. The van der Waals surface area contributed by atoms with Crippen LogP contribution in [0.4, 0.5) is 0 Å². The average Bonchev–Trinajstić information content (AvgIpc) is 2.77. The van der Waals surface area contributed by atoms with Gasteiger partial charge in [-0.1, -0.05) is 0 Å². The molecule has 1 fully saturated rings. The number of rotatable bonds is 3. The van der Waals surface area contributed by atoms with E-state index in [1.165, 1.54) is 11.7 Å². The van der Waals surface area contributed by atoms with Crippen molar-refractivity contribution in [1.29, 1.82) is 0 Å². The van der Waals surface area contributed by atoms with Crippen LogP contribution in [0.2, 0.25) is 0 Å². The number of ether oxygens (including phenoxy) is 1. The monoisotopic (exact) mass is 218 g/mol. The Balaban J connectivity index is 2.06. The molecule has 1 aliphatic rings. The molecule has 2 rings (SSSR count). The second-order valence-electron chi connectivity index (χ2n) is 3.51. The van der Waals surface area contributed by atoms with Crippen molar-refractivity contribution in [1.82, 2.24) is 8.75 Å². The molecule has 1 unspecified atom stereocenters. The zero-order valence-corrected chi connectivity index (χ0v) is 8.77. The fraction of sp³-hybridized carbons (Fsp3) is 0.750. The third-order valence-corrected chi connectivity index (χ3v) is 3.51. The average molecular weight is 219 g/mol. The molecule has 0 spiro atoms. The summed E-state index contributed by atoms with van der Waals surface area (Å²) in [5, 5.41) is 0. The van der Waals surface area contributed by atoms with Crippen molar-refractivity contribution in [3.8, 4) is 0 Å². The molecular formula is C8H11ClN2OS. The fourth-order valence-electron chi connectivity index (χ4n) is 1.59. The van der Waals surface area contributed by atoms with Crippen LogP contribution >= 0.6 is 23.3 Å². The lowest BCUT2D eigenvalue weighted by Crippen LogP contribution is -2.26. The normalized spacial score (nSPS) is 28.1. The van der Waals surface area contributed by atoms with Crippen molar-refractivity contribution in [2.45, 2.75) is 12.8 Å². The number of hydrogen-bond acceptors (Lipinski definition) is 4. The van der Waals surface area contributed by atoms with Crippen LogP contribution < -0.4 is 0 Å². The van der Waals surface area contributed by atoms with Crippen LogP contribution in [0.1, 0.15) is 12.1 Å². The molecule has 0 aliphatic carbocycles. The summed E-state index contributed by atoms with van der Waals surface area (Å²) < 4.78 is 13.5.